The van der Waals surface area contributed by atoms with E-state index in [0.29, 0.717) is 6.54 Å². The molecule has 0 aliphatic carbocycles. The van der Waals surface area contributed by atoms with Crippen molar-refractivity contribution in [2.45, 2.75) is 34.6 Å². The number of hydrogen-bond acceptors (Lipinski definition) is 2. The largest absolute Gasteiger partial charge is 0.355 e. The van der Waals surface area contributed by atoms with Gasteiger partial charge in [-0.2, -0.15) is 12.6 Å². The minimum atomic E-state index is 0.000610. The maximum Gasteiger partial charge on any atom is 0.229 e. The van der Waals surface area contributed by atoms with Crippen LogP contribution in [0.3, 0.4) is 0 Å². The van der Waals surface area contributed by atoms with Gasteiger partial charge in [0.05, 0.1) is 5.75 Å². The van der Waals surface area contributed by atoms with Gasteiger partial charge in [-0.05, 0) is 10.8 Å². The summed E-state index contributed by atoms with van der Waals surface area (Å²) in [6.07, 6.45) is 0. The summed E-state index contributed by atoms with van der Waals surface area (Å²) in [7, 11) is 0. The molecule has 2 nitrogen and oxygen atoms in total. The molecule has 1 amide bonds. The van der Waals surface area contributed by atoms with E-state index in [2.05, 4.69) is 52.6 Å². The molecule has 0 aromatic carbocycles. The minimum Gasteiger partial charge on any atom is -0.355 e. The van der Waals surface area contributed by atoms with Gasteiger partial charge in [0, 0.05) is 6.54 Å². The molecule has 13 heavy (non-hydrogen) atoms. The Morgan fingerprint density at radius 3 is 2.00 bits per heavy atom. The van der Waals surface area contributed by atoms with E-state index in [1.54, 1.807) is 0 Å². The first-order valence-corrected chi connectivity index (χ1v) is 5.21. The molecule has 78 valence electrons. The highest BCUT2D eigenvalue weighted by atomic mass is 32.1. The van der Waals surface area contributed by atoms with Crippen molar-refractivity contribution in [3.63, 3.8) is 0 Å². The van der Waals surface area contributed by atoms with E-state index in [9.17, 15) is 4.79 Å². The summed E-state index contributed by atoms with van der Waals surface area (Å²) >= 11 is 3.91. The van der Waals surface area contributed by atoms with Crippen LogP contribution in [-0.2, 0) is 4.79 Å². The molecule has 0 fully saturated rings. The lowest BCUT2D eigenvalue weighted by atomic mass is 9.69. The van der Waals surface area contributed by atoms with Gasteiger partial charge in [0.15, 0.2) is 0 Å². The second kappa shape index (κ2) is 4.36. The molecule has 0 bridgehead atoms. The van der Waals surface area contributed by atoms with Gasteiger partial charge in [0.1, 0.15) is 0 Å². The van der Waals surface area contributed by atoms with Crippen molar-refractivity contribution in [3.05, 3.63) is 0 Å². The third kappa shape index (κ3) is 4.03. The third-order valence-electron chi connectivity index (χ3n) is 2.90. The predicted molar refractivity (Wildman–Crippen MR) is 60.1 cm³/mol. The van der Waals surface area contributed by atoms with Crippen molar-refractivity contribution in [3.8, 4) is 0 Å². The smallest absolute Gasteiger partial charge is 0.229 e. The van der Waals surface area contributed by atoms with Gasteiger partial charge < -0.3 is 5.32 Å². The first kappa shape index (κ1) is 12.8. The Morgan fingerprint density at radius 2 is 1.69 bits per heavy atom. The maximum atomic E-state index is 11.0. The van der Waals surface area contributed by atoms with Gasteiger partial charge in [0.25, 0.3) is 0 Å². The maximum absolute atomic E-state index is 11.0. The number of amides is 1. The summed E-state index contributed by atoms with van der Waals surface area (Å²) in [5, 5.41) is 2.86. The Labute approximate surface area is 86.9 Å². The Hall–Kier alpha value is -0.180. The monoisotopic (exact) mass is 203 g/mol. The van der Waals surface area contributed by atoms with E-state index in [-0.39, 0.29) is 22.5 Å². The zero-order valence-corrected chi connectivity index (χ0v) is 10.2. The second-order valence-corrected chi connectivity index (χ2v) is 5.38. The van der Waals surface area contributed by atoms with Crippen molar-refractivity contribution in [1.29, 1.82) is 0 Å². The van der Waals surface area contributed by atoms with Crippen molar-refractivity contribution < 1.29 is 4.79 Å². The fraction of sp³-hybridized carbons (Fsp3) is 0.900. The van der Waals surface area contributed by atoms with Crippen LogP contribution in [0.25, 0.3) is 0 Å². The second-order valence-electron chi connectivity index (χ2n) is 5.07. The zero-order valence-electron chi connectivity index (χ0n) is 9.27. The molecule has 1 N–H and O–H groups in total. The highest BCUT2D eigenvalue weighted by Gasteiger charge is 2.32. The molecule has 0 radical (unpaired) electrons. The fourth-order valence-electron chi connectivity index (χ4n) is 0.641. The van der Waals surface area contributed by atoms with Crippen molar-refractivity contribution >= 4 is 18.5 Å². The number of nitrogens with one attached hydrogen (secondary N) is 1. The van der Waals surface area contributed by atoms with Gasteiger partial charge in [-0.15, -0.1) is 0 Å². The minimum absolute atomic E-state index is 0.000610. The van der Waals surface area contributed by atoms with Gasteiger partial charge >= 0.3 is 0 Å². The van der Waals surface area contributed by atoms with Gasteiger partial charge in [-0.1, -0.05) is 34.6 Å². The van der Waals surface area contributed by atoms with E-state index in [4.69, 9.17) is 0 Å². The van der Waals surface area contributed by atoms with Crippen molar-refractivity contribution in [1.82, 2.24) is 5.32 Å². The summed E-state index contributed by atoms with van der Waals surface area (Å²) in [5.74, 6) is 0.265. The number of thiol groups is 1. The molecule has 0 aromatic rings. The molecule has 0 heterocycles. The van der Waals surface area contributed by atoms with E-state index < -0.39 is 0 Å². The molecular weight excluding hydrogens is 182 g/mol. The molecule has 0 aromatic heterocycles. The van der Waals surface area contributed by atoms with Crippen LogP contribution in [0, 0.1) is 10.8 Å². The summed E-state index contributed by atoms with van der Waals surface area (Å²) in [6.45, 7) is 11.6. The first-order valence-electron chi connectivity index (χ1n) is 4.58. The zero-order chi connectivity index (χ0) is 10.7. The molecule has 0 saturated heterocycles. The third-order valence-corrected chi connectivity index (χ3v) is 3.19. The van der Waals surface area contributed by atoms with Crippen LogP contribution < -0.4 is 5.32 Å². The Morgan fingerprint density at radius 1 is 1.23 bits per heavy atom. The molecule has 0 rings (SSSR count). The summed E-state index contributed by atoms with van der Waals surface area (Å²) < 4.78 is 0. The summed E-state index contributed by atoms with van der Waals surface area (Å²) in [4.78, 5) is 11.0. The fourth-order valence-corrected chi connectivity index (χ4v) is 0.752. The lowest BCUT2D eigenvalue weighted by Crippen LogP contribution is -2.42. The van der Waals surface area contributed by atoms with Gasteiger partial charge in [-0.3, -0.25) is 4.79 Å². The van der Waals surface area contributed by atoms with E-state index in [1.807, 2.05) is 0 Å². The number of carbonyl (C=O) groups excluding carboxylic acids is 1. The van der Waals surface area contributed by atoms with E-state index >= 15 is 0 Å². The quantitative estimate of drug-likeness (QED) is 0.676. The average Bonchev–Trinajstić information content (AvgIpc) is 1.98. The molecular formula is C10H21NOS. The predicted octanol–water partition coefficient (Wildman–Crippen LogP) is 2.10. The Bertz CT molecular complexity index is 182. The van der Waals surface area contributed by atoms with Gasteiger partial charge in [0.2, 0.25) is 5.91 Å². The van der Waals surface area contributed by atoms with Gasteiger partial charge in [-0.25, -0.2) is 0 Å². The number of rotatable bonds is 3. The SMILES string of the molecule is CC(C)(C)C(C)(C)CNC(=O)CS. The summed E-state index contributed by atoms with van der Waals surface area (Å²) in [5.41, 5.74) is 0.294. The van der Waals surface area contributed by atoms with Crippen LogP contribution in [0.5, 0.6) is 0 Å². The van der Waals surface area contributed by atoms with Crippen LogP contribution >= 0.6 is 12.6 Å². The normalized spacial score (nSPS) is 12.8. The average molecular weight is 203 g/mol. The van der Waals surface area contributed by atoms with Crippen LogP contribution in [0.4, 0.5) is 0 Å². The van der Waals surface area contributed by atoms with E-state index in [1.165, 1.54) is 0 Å². The number of carbonyl (C=O) groups is 1. The van der Waals surface area contributed by atoms with Crippen molar-refractivity contribution in [2.24, 2.45) is 10.8 Å². The lowest BCUT2D eigenvalue weighted by molar-refractivity contribution is -0.119. The Balaban J connectivity index is 4.12. The molecule has 0 aliphatic heterocycles. The highest BCUT2D eigenvalue weighted by molar-refractivity contribution is 7.81. The van der Waals surface area contributed by atoms with Crippen molar-refractivity contribution in [2.75, 3.05) is 12.3 Å². The molecule has 0 saturated carbocycles. The van der Waals surface area contributed by atoms with Crippen LogP contribution in [0.2, 0.25) is 0 Å². The number of hydrogen-bond donors (Lipinski definition) is 2. The van der Waals surface area contributed by atoms with Crippen LogP contribution in [0.1, 0.15) is 34.6 Å². The lowest BCUT2D eigenvalue weighted by Gasteiger charge is -2.38. The molecule has 0 unspecified atom stereocenters. The summed E-state index contributed by atoms with van der Waals surface area (Å²) in [6, 6.07) is 0. The van der Waals surface area contributed by atoms with Crippen LogP contribution in [-0.4, -0.2) is 18.2 Å². The molecule has 3 heteroatoms. The molecule has 0 atom stereocenters. The molecule has 0 spiro atoms. The topological polar surface area (TPSA) is 29.1 Å². The first-order chi connectivity index (χ1) is 5.70. The Kier molecular flexibility index (Phi) is 4.30. The van der Waals surface area contributed by atoms with E-state index in [0.717, 1.165) is 0 Å². The highest BCUT2D eigenvalue weighted by Crippen LogP contribution is 2.36. The standard InChI is InChI=1S/C10H21NOS/c1-9(2,3)10(4,5)7-11-8(12)6-13/h13H,6-7H2,1-5H3,(H,11,12). The molecule has 0 aliphatic rings. The van der Waals surface area contributed by atoms with Crippen LogP contribution in [0.15, 0.2) is 0 Å².